The van der Waals surface area contributed by atoms with Gasteiger partial charge in [-0.1, -0.05) is 70.3 Å². The molecule has 0 bridgehead atoms. The van der Waals surface area contributed by atoms with Crippen LogP contribution in [0.2, 0.25) is 0 Å². The highest BCUT2D eigenvalue weighted by Crippen LogP contribution is 2.35. The maximum atomic E-state index is 2.54. The van der Waals surface area contributed by atoms with Crippen LogP contribution in [0.3, 0.4) is 0 Å². The van der Waals surface area contributed by atoms with Gasteiger partial charge in [-0.25, -0.2) is 0 Å². The van der Waals surface area contributed by atoms with Gasteiger partial charge >= 0.3 is 0 Å². The molecular formula is C19H34. The van der Waals surface area contributed by atoms with Crippen LogP contribution in [0, 0.1) is 11.8 Å². The van der Waals surface area contributed by atoms with E-state index in [1.54, 1.807) is 0 Å². The normalized spacial score (nSPS) is 23.9. The lowest BCUT2D eigenvalue weighted by molar-refractivity contribution is 0.462. The van der Waals surface area contributed by atoms with E-state index >= 15 is 0 Å². The summed E-state index contributed by atoms with van der Waals surface area (Å²) in [5.41, 5.74) is 0. The van der Waals surface area contributed by atoms with Gasteiger partial charge in [0.05, 0.1) is 0 Å². The molecule has 0 nitrogen and oxygen atoms in total. The van der Waals surface area contributed by atoms with Gasteiger partial charge in [0.1, 0.15) is 0 Å². The predicted octanol–water partition coefficient (Wildman–Crippen LogP) is 6.68. The number of hydrogen-bond donors (Lipinski definition) is 0. The first-order valence-corrected chi connectivity index (χ1v) is 8.70. The first-order valence-electron chi connectivity index (χ1n) is 8.70. The van der Waals surface area contributed by atoms with Gasteiger partial charge in [0.15, 0.2) is 0 Å². The van der Waals surface area contributed by atoms with Gasteiger partial charge in [-0.15, -0.1) is 0 Å². The van der Waals surface area contributed by atoms with Gasteiger partial charge in [-0.05, 0) is 50.4 Å². The number of hydrogen-bond acceptors (Lipinski definition) is 0. The van der Waals surface area contributed by atoms with Crippen molar-refractivity contribution in [3.8, 4) is 0 Å². The molecule has 2 atom stereocenters. The summed E-state index contributed by atoms with van der Waals surface area (Å²) < 4.78 is 0. The molecule has 0 unspecified atom stereocenters. The summed E-state index contributed by atoms with van der Waals surface area (Å²) >= 11 is 0. The molecule has 0 aromatic heterocycles. The van der Waals surface area contributed by atoms with E-state index in [0.29, 0.717) is 0 Å². The van der Waals surface area contributed by atoms with Gasteiger partial charge in [0.2, 0.25) is 0 Å². The minimum absolute atomic E-state index is 0.873. The van der Waals surface area contributed by atoms with E-state index in [1.165, 1.54) is 70.6 Å². The average Bonchev–Trinajstić information content (AvgIpc) is 2.86. The number of unbranched alkanes of at least 4 members (excludes halogenated alkanes) is 5. The van der Waals surface area contributed by atoms with Crippen molar-refractivity contribution < 1.29 is 0 Å². The SMILES string of the molecule is CCCC=CC[C@H]1CCC[C@@H]1C=CCCCCCC. The van der Waals surface area contributed by atoms with Crippen molar-refractivity contribution in [2.75, 3.05) is 0 Å². The van der Waals surface area contributed by atoms with Crippen LogP contribution >= 0.6 is 0 Å². The van der Waals surface area contributed by atoms with E-state index in [1.807, 2.05) is 0 Å². The molecule has 1 aliphatic rings. The second kappa shape index (κ2) is 11.3. The summed E-state index contributed by atoms with van der Waals surface area (Å²) in [6, 6.07) is 0. The van der Waals surface area contributed by atoms with Crippen molar-refractivity contribution in [3.05, 3.63) is 24.3 Å². The Hall–Kier alpha value is -0.520. The second-order valence-electron chi connectivity index (χ2n) is 6.13. The van der Waals surface area contributed by atoms with Crippen LogP contribution in [0.5, 0.6) is 0 Å². The van der Waals surface area contributed by atoms with Crippen molar-refractivity contribution in [2.24, 2.45) is 11.8 Å². The first kappa shape index (κ1) is 16.5. The molecule has 0 aliphatic heterocycles. The van der Waals surface area contributed by atoms with Crippen molar-refractivity contribution in [3.63, 3.8) is 0 Å². The topological polar surface area (TPSA) is 0 Å². The molecule has 19 heavy (non-hydrogen) atoms. The minimum Gasteiger partial charge on any atom is -0.0885 e. The largest absolute Gasteiger partial charge is 0.0885 e. The molecule has 0 N–H and O–H groups in total. The molecule has 0 spiro atoms. The molecule has 1 saturated carbocycles. The highest BCUT2D eigenvalue weighted by atomic mass is 14.3. The Morgan fingerprint density at radius 1 is 0.842 bits per heavy atom. The van der Waals surface area contributed by atoms with E-state index in [2.05, 4.69) is 38.2 Å². The minimum atomic E-state index is 0.873. The van der Waals surface area contributed by atoms with Gasteiger partial charge in [0.25, 0.3) is 0 Å². The van der Waals surface area contributed by atoms with E-state index in [4.69, 9.17) is 0 Å². The molecule has 0 heteroatoms. The monoisotopic (exact) mass is 262 g/mol. The summed E-state index contributed by atoms with van der Waals surface area (Å²) in [5.74, 6) is 1.80. The molecular weight excluding hydrogens is 228 g/mol. The molecule has 0 radical (unpaired) electrons. The van der Waals surface area contributed by atoms with Gasteiger partial charge < -0.3 is 0 Å². The van der Waals surface area contributed by atoms with Crippen LogP contribution in [0.25, 0.3) is 0 Å². The smallest absolute Gasteiger partial charge is 0.0202 e. The highest BCUT2D eigenvalue weighted by molar-refractivity contribution is 4.97. The zero-order chi connectivity index (χ0) is 13.8. The standard InChI is InChI=1S/C19H34/c1-3-5-7-9-10-12-15-19-17-13-16-18(19)14-11-8-6-4-2/h8,11-12,15,18-19H,3-7,9-10,13-14,16-17H2,1-2H3/t18-,19-/m0/s1. The maximum Gasteiger partial charge on any atom is -0.0202 e. The lowest BCUT2D eigenvalue weighted by Gasteiger charge is -2.13. The van der Waals surface area contributed by atoms with E-state index in [-0.39, 0.29) is 0 Å². The lowest BCUT2D eigenvalue weighted by atomic mass is 9.92. The Kier molecular flexibility index (Phi) is 9.85. The van der Waals surface area contributed by atoms with Crippen molar-refractivity contribution >= 4 is 0 Å². The van der Waals surface area contributed by atoms with Gasteiger partial charge in [0, 0.05) is 0 Å². The fourth-order valence-electron chi connectivity index (χ4n) is 3.13. The Balaban J connectivity index is 2.18. The summed E-state index contributed by atoms with van der Waals surface area (Å²) in [6.45, 7) is 4.54. The molecule has 1 rings (SSSR count). The fraction of sp³-hybridized carbons (Fsp3) is 0.789. The fourth-order valence-corrected chi connectivity index (χ4v) is 3.13. The van der Waals surface area contributed by atoms with Crippen LogP contribution in [0.15, 0.2) is 24.3 Å². The van der Waals surface area contributed by atoms with Crippen LogP contribution < -0.4 is 0 Å². The third-order valence-electron chi connectivity index (χ3n) is 4.39. The van der Waals surface area contributed by atoms with Crippen LogP contribution in [0.1, 0.15) is 84.5 Å². The summed E-state index contributed by atoms with van der Waals surface area (Å²) in [5, 5.41) is 0. The Morgan fingerprint density at radius 2 is 1.74 bits per heavy atom. The zero-order valence-corrected chi connectivity index (χ0v) is 13.2. The summed E-state index contributed by atoms with van der Waals surface area (Å²) in [6.07, 6.45) is 24.8. The summed E-state index contributed by atoms with van der Waals surface area (Å²) in [7, 11) is 0. The first-order chi connectivity index (χ1) is 9.38. The van der Waals surface area contributed by atoms with Crippen LogP contribution in [-0.4, -0.2) is 0 Å². The highest BCUT2D eigenvalue weighted by Gasteiger charge is 2.23. The number of rotatable bonds is 10. The molecule has 0 heterocycles. The van der Waals surface area contributed by atoms with Crippen LogP contribution in [0.4, 0.5) is 0 Å². The Morgan fingerprint density at radius 3 is 2.53 bits per heavy atom. The quantitative estimate of drug-likeness (QED) is 0.304. The molecule has 0 saturated heterocycles. The average molecular weight is 262 g/mol. The van der Waals surface area contributed by atoms with Crippen molar-refractivity contribution in [1.29, 1.82) is 0 Å². The predicted molar refractivity (Wildman–Crippen MR) is 87.4 cm³/mol. The Labute approximate surface area is 121 Å². The van der Waals surface area contributed by atoms with Crippen LogP contribution in [-0.2, 0) is 0 Å². The second-order valence-corrected chi connectivity index (χ2v) is 6.13. The lowest BCUT2D eigenvalue weighted by Crippen LogP contribution is -2.03. The molecule has 1 fully saturated rings. The van der Waals surface area contributed by atoms with E-state index < -0.39 is 0 Å². The molecule has 0 amide bonds. The molecule has 0 aromatic rings. The third kappa shape index (κ3) is 7.60. The van der Waals surface area contributed by atoms with E-state index in [9.17, 15) is 0 Å². The van der Waals surface area contributed by atoms with Crippen molar-refractivity contribution in [1.82, 2.24) is 0 Å². The molecule has 1 aliphatic carbocycles. The molecule has 0 aromatic carbocycles. The van der Waals surface area contributed by atoms with Gasteiger partial charge in [-0.3, -0.25) is 0 Å². The van der Waals surface area contributed by atoms with E-state index in [0.717, 1.165) is 11.8 Å². The molecule has 110 valence electrons. The van der Waals surface area contributed by atoms with Gasteiger partial charge in [-0.2, -0.15) is 0 Å². The Bertz CT molecular complexity index is 249. The summed E-state index contributed by atoms with van der Waals surface area (Å²) in [4.78, 5) is 0. The number of allylic oxidation sites excluding steroid dienone is 4. The zero-order valence-electron chi connectivity index (χ0n) is 13.2. The van der Waals surface area contributed by atoms with Crippen molar-refractivity contribution in [2.45, 2.75) is 84.5 Å². The third-order valence-corrected chi connectivity index (χ3v) is 4.39. The maximum absolute atomic E-state index is 2.54.